The van der Waals surface area contributed by atoms with Crippen LogP contribution in [0.2, 0.25) is 0 Å². The van der Waals surface area contributed by atoms with Crippen molar-refractivity contribution in [2.75, 3.05) is 13.1 Å². The van der Waals surface area contributed by atoms with Crippen molar-refractivity contribution in [1.82, 2.24) is 10.2 Å². The van der Waals surface area contributed by atoms with E-state index >= 15 is 0 Å². The van der Waals surface area contributed by atoms with Crippen LogP contribution in [0.25, 0.3) is 0 Å². The van der Waals surface area contributed by atoms with Gasteiger partial charge in [-0.1, -0.05) is 5.92 Å². The van der Waals surface area contributed by atoms with Crippen molar-refractivity contribution in [2.24, 2.45) is 0 Å². The molecule has 0 unspecified atom stereocenters. The van der Waals surface area contributed by atoms with E-state index in [0.29, 0.717) is 13.0 Å². The van der Waals surface area contributed by atoms with Crippen LogP contribution in [-0.2, 0) is 9.53 Å². The first kappa shape index (κ1) is 15.4. The third-order valence-electron chi connectivity index (χ3n) is 2.80. The lowest BCUT2D eigenvalue weighted by Gasteiger charge is -2.35. The van der Waals surface area contributed by atoms with Crippen LogP contribution < -0.4 is 5.32 Å². The minimum absolute atomic E-state index is 0.178. The summed E-state index contributed by atoms with van der Waals surface area (Å²) in [5, 5.41) is 2.63. The number of amides is 2. The maximum atomic E-state index is 12.1. The topological polar surface area (TPSA) is 58.6 Å². The van der Waals surface area contributed by atoms with Gasteiger partial charge in [-0.3, -0.25) is 9.69 Å². The highest BCUT2D eigenvalue weighted by molar-refractivity contribution is 5.86. The fourth-order valence-corrected chi connectivity index (χ4v) is 2.00. The first-order chi connectivity index (χ1) is 8.85. The number of nitrogens with one attached hydrogen (secondary N) is 1. The molecule has 0 aromatic carbocycles. The Morgan fingerprint density at radius 1 is 1.42 bits per heavy atom. The molecule has 19 heavy (non-hydrogen) atoms. The highest BCUT2D eigenvalue weighted by Gasteiger charge is 2.34. The van der Waals surface area contributed by atoms with Gasteiger partial charge in [-0.2, -0.15) is 0 Å². The van der Waals surface area contributed by atoms with Gasteiger partial charge < -0.3 is 10.1 Å². The molecule has 0 bridgehead atoms. The maximum Gasteiger partial charge on any atom is 0.410 e. The molecule has 1 heterocycles. The molecule has 1 aliphatic rings. The smallest absolute Gasteiger partial charge is 0.410 e. The van der Waals surface area contributed by atoms with Crippen LogP contribution in [0.1, 0.15) is 40.0 Å². The zero-order chi connectivity index (χ0) is 14.5. The molecule has 0 aromatic heterocycles. The average molecular weight is 266 g/mol. The van der Waals surface area contributed by atoms with Crippen LogP contribution in [0.5, 0.6) is 0 Å². The van der Waals surface area contributed by atoms with E-state index in [4.69, 9.17) is 11.2 Å². The summed E-state index contributed by atoms with van der Waals surface area (Å²) in [4.78, 5) is 25.6. The molecule has 5 heteroatoms. The van der Waals surface area contributed by atoms with Gasteiger partial charge in [0.15, 0.2) is 0 Å². The van der Waals surface area contributed by atoms with Crippen molar-refractivity contribution in [3.05, 3.63) is 0 Å². The van der Waals surface area contributed by atoms with Crippen LogP contribution in [0.15, 0.2) is 0 Å². The molecular weight excluding hydrogens is 244 g/mol. The Morgan fingerprint density at radius 2 is 2.11 bits per heavy atom. The molecule has 106 valence electrons. The predicted octanol–water partition coefficient (Wildman–Crippen LogP) is 1.53. The fraction of sp³-hybridized carbons (Fsp3) is 0.714. The largest absolute Gasteiger partial charge is 0.444 e. The molecule has 0 aromatic rings. The molecule has 0 spiro atoms. The number of terminal acetylenes is 1. The Kier molecular flexibility index (Phi) is 5.22. The van der Waals surface area contributed by atoms with Crippen molar-refractivity contribution < 1.29 is 14.3 Å². The molecule has 1 fully saturated rings. The summed E-state index contributed by atoms with van der Waals surface area (Å²) < 4.78 is 5.33. The summed E-state index contributed by atoms with van der Waals surface area (Å²) in [6, 6.07) is -0.475. The molecule has 1 atom stereocenters. The number of hydrogen-bond acceptors (Lipinski definition) is 3. The number of piperidine rings is 1. The quantitative estimate of drug-likeness (QED) is 0.771. The summed E-state index contributed by atoms with van der Waals surface area (Å²) in [5.41, 5.74) is -0.561. The number of rotatable bonds is 2. The standard InChI is InChI=1S/C14H22N2O3/c1-5-9-15-12(17)11-8-6-7-10-16(11)13(18)19-14(2,3)4/h1,11H,6-10H2,2-4H3,(H,15,17)/t11-/m1/s1. The van der Waals surface area contributed by atoms with Gasteiger partial charge in [0, 0.05) is 6.54 Å². The Balaban J connectivity index is 2.69. The van der Waals surface area contributed by atoms with E-state index in [1.807, 2.05) is 20.8 Å². The monoisotopic (exact) mass is 266 g/mol. The first-order valence-corrected chi connectivity index (χ1v) is 6.56. The lowest BCUT2D eigenvalue weighted by Crippen LogP contribution is -2.53. The second kappa shape index (κ2) is 6.46. The number of hydrogen-bond donors (Lipinski definition) is 1. The Bertz CT molecular complexity index is 379. The van der Waals surface area contributed by atoms with Crippen LogP contribution >= 0.6 is 0 Å². The van der Waals surface area contributed by atoms with Crippen molar-refractivity contribution in [2.45, 2.75) is 51.7 Å². The van der Waals surface area contributed by atoms with E-state index < -0.39 is 17.7 Å². The third-order valence-corrected chi connectivity index (χ3v) is 2.80. The van der Waals surface area contributed by atoms with E-state index in [1.54, 1.807) is 0 Å². The second-order valence-electron chi connectivity index (χ2n) is 5.61. The Labute approximate surface area is 114 Å². The highest BCUT2D eigenvalue weighted by atomic mass is 16.6. The zero-order valence-corrected chi connectivity index (χ0v) is 11.9. The van der Waals surface area contributed by atoms with Gasteiger partial charge in [-0.15, -0.1) is 6.42 Å². The van der Waals surface area contributed by atoms with Gasteiger partial charge in [-0.05, 0) is 40.0 Å². The van der Waals surface area contributed by atoms with Crippen molar-refractivity contribution >= 4 is 12.0 Å². The number of ether oxygens (including phenoxy) is 1. The Morgan fingerprint density at radius 3 is 2.68 bits per heavy atom. The predicted molar refractivity (Wildman–Crippen MR) is 72.4 cm³/mol. The van der Waals surface area contributed by atoms with E-state index in [2.05, 4.69) is 11.2 Å². The number of carbonyl (C=O) groups excluding carboxylic acids is 2. The summed E-state index contributed by atoms with van der Waals surface area (Å²) in [5.74, 6) is 2.15. The van der Waals surface area contributed by atoms with Crippen molar-refractivity contribution in [3.63, 3.8) is 0 Å². The molecule has 1 saturated heterocycles. The fourth-order valence-electron chi connectivity index (χ4n) is 2.00. The van der Waals surface area contributed by atoms with Crippen molar-refractivity contribution in [3.8, 4) is 12.3 Å². The summed E-state index contributed by atoms with van der Waals surface area (Å²) >= 11 is 0. The van der Waals surface area contributed by atoms with Gasteiger partial charge in [0.25, 0.3) is 0 Å². The van der Waals surface area contributed by atoms with Crippen LogP contribution in [0.4, 0.5) is 4.79 Å². The lowest BCUT2D eigenvalue weighted by atomic mass is 10.0. The van der Waals surface area contributed by atoms with Gasteiger partial charge in [-0.25, -0.2) is 4.79 Å². The average Bonchev–Trinajstić information content (AvgIpc) is 2.34. The van der Waals surface area contributed by atoms with E-state index in [-0.39, 0.29) is 12.5 Å². The third kappa shape index (κ3) is 4.82. The van der Waals surface area contributed by atoms with Crippen molar-refractivity contribution in [1.29, 1.82) is 0 Å². The lowest BCUT2D eigenvalue weighted by molar-refractivity contribution is -0.127. The zero-order valence-electron chi connectivity index (χ0n) is 11.9. The molecule has 5 nitrogen and oxygen atoms in total. The molecule has 0 saturated carbocycles. The van der Waals surface area contributed by atoms with Crippen LogP contribution in [0.3, 0.4) is 0 Å². The van der Waals surface area contributed by atoms with E-state index in [9.17, 15) is 9.59 Å². The van der Waals surface area contributed by atoms with Gasteiger partial charge in [0.2, 0.25) is 5.91 Å². The van der Waals surface area contributed by atoms with Crippen LogP contribution in [0, 0.1) is 12.3 Å². The summed E-state index contributed by atoms with van der Waals surface area (Å²) in [6.07, 6.45) is 7.14. The maximum absolute atomic E-state index is 12.1. The normalized spacial score (nSPS) is 19.5. The number of nitrogens with zero attached hydrogens (tertiary/aromatic N) is 1. The minimum atomic E-state index is -0.561. The number of likely N-dealkylation sites (tertiary alicyclic amines) is 1. The van der Waals surface area contributed by atoms with E-state index in [1.165, 1.54) is 4.90 Å². The van der Waals surface area contributed by atoms with Gasteiger partial charge in [0.05, 0.1) is 6.54 Å². The second-order valence-corrected chi connectivity index (χ2v) is 5.61. The molecule has 0 radical (unpaired) electrons. The Hall–Kier alpha value is -1.70. The molecule has 1 rings (SSSR count). The van der Waals surface area contributed by atoms with E-state index in [0.717, 1.165) is 12.8 Å². The van der Waals surface area contributed by atoms with Crippen LogP contribution in [-0.4, -0.2) is 41.6 Å². The molecule has 2 amide bonds. The molecule has 0 aliphatic carbocycles. The van der Waals surface area contributed by atoms with Gasteiger partial charge >= 0.3 is 6.09 Å². The minimum Gasteiger partial charge on any atom is -0.444 e. The molecule has 1 N–H and O–H groups in total. The SMILES string of the molecule is C#CCNC(=O)[C@H]1CCCCN1C(=O)OC(C)(C)C. The molecular formula is C14H22N2O3. The molecule has 1 aliphatic heterocycles. The number of carbonyl (C=O) groups is 2. The van der Waals surface area contributed by atoms with Gasteiger partial charge in [0.1, 0.15) is 11.6 Å². The highest BCUT2D eigenvalue weighted by Crippen LogP contribution is 2.20. The first-order valence-electron chi connectivity index (χ1n) is 6.56. The summed E-state index contributed by atoms with van der Waals surface area (Å²) in [6.45, 7) is 6.15. The summed E-state index contributed by atoms with van der Waals surface area (Å²) in [7, 11) is 0.